The second-order valence-electron chi connectivity index (χ2n) is 9.15. The molecule has 0 aromatic carbocycles. The Morgan fingerprint density at radius 1 is 0.512 bits per heavy atom. The van der Waals surface area contributed by atoms with E-state index < -0.39 is 0 Å². The number of hydrogen-bond donors (Lipinski definition) is 0. The van der Waals surface area contributed by atoms with Crippen LogP contribution in [0.4, 0.5) is 17.8 Å². The number of aliphatic imine (C=N–C) groups is 2. The third kappa shape index (κ3) is 8.48. The van der Waals surface area contributed by atoms with Gasteiger partial charge in [0.2, 0.25) is 11.9 Å². The Bertz CT molecular complexity index is 1390. The fraction of sp³-hybridized carbons (Fsp3) is 0.440. The maximum absolute atomic E-state index is 4.60. The van der Waals surface area contributed by atoms with E-state index in [2.05, 4.69) is 69.8 Å². The molecule has 212 valence electrons. The van der Waals surface area contributed by atoms with Crippen LogP contribution in [0.2, 0.25) is 0 Å². The van der Waals surface area contributed by atoms with Gasteiger partial charge in [-0.25, -0.2) is 34.9 Å². The van der Waals surface area contributed by atoms with E-state index in [1.54, 1.807) is 26.3 Å². The van der Waals surface area contributed by atoms with Gasteiger partial charge in [0.1, 0.15) is 53.3 Å². The first-order valence-corrected chi connectivity index (χ1v) is 12.8. The lowest BCUT2D eigenvalue weighted by Crippen LogP contribution is -2.41. The minimum atomic E-state index is 0.190. The van der Waals surface area contributed by atoms with Gasteiger partial charge in [-0.1, -0.05) is 0 Å². The lowest BCUT2D eigenvalue weighted by Gasteiger charge is -2.29. The van der Waals surface area contributed by atoms with Gasteiger partial charge in [-0.05, 0) is 55.4 Å². The number of hydrogen-bond acceptors (Lipinski definition) is 16. The molecule has 0 saturated heterocycles. The summed E-state index contributed by atoms with van der Waals surface area (Å²) in [4.78, 5) is 65.4. The van der Waals surface area contributed by atoms with Crippen LogP contribution in [0.3, 0.4) is 0 Å². The molecule has 0 unspecified atom stereocenters. The Balaban J connectivity index is 1.67. The molecule has 16 heteroatoms. The minimum absolute atomic E-state index is 0.190. The third-order valence-corrected chi connectivity index (χ3v) is 5.29. The Morgan fingerprint density at radius 2 is 0.927 bits per heavy atom. The van der Waals surface area contributed by atoms with Crippen molar-refractivity contribution in [2.24, 2.45) is 9.98 Å². The molecule has 0 fully saturated rings. The molecule has 0 N–H and O–H groups in total. The smallest absolute Gasteiger partial charge is 0.252 e. The second kappa shape index (κ2) is 12.9. The van der Waals surface area contributed by atoms with Crippen LogP contribution in [-0.4, -0.2) is 92.1 Å². The van der Waals surface area contributed by atoms with Crippen LogP contribution >= 0.6 is 0 Å². The molecule has 0 amide bonds. The quantitative estimate of drug-likeness (QED) is 0.203. The number of aryl methyl sites for hydroxylation is 8. The van der Waals surface area contributed by atoms with Gasteiger partial charge in [-0.2, -0.15) is 29.9 Å². The molecule has 41 heavy (non-hydrogen) atoms. The lowest BCUT2D eigenvalue weighted by atomic mass is 10.5. The molecule has 16 nitrogen and oxygen atoms in total. The van der Waals surface area contributed by atoms with Gasteiger partial charge in [0.15, 0.2) is 5.82 Å². The number of anilines is 2. The number of rotatable bonds is 10. The molecule has 4 rings (SSSR count). The molecule has 0 atom stereocenters. The van der Waals surface area contributed by atoms with Crippen LogP contribution < -0.4 is 9.80 Å². The summed E-state index contributed by atoms with van der Waals surface area (Å²) in [5.74, 6) is 6.49. The van der Waals surface area contributed by atoms with Gasteiger partial charge < -0.3 is 9.80 Å². The van der Waals surface area contributed by atoms with Crippen LogP contribution in [0.15, 0.2) is 9.98 Å². The number of nitrogens with zero attached hydrogens (tertiary/aromatic N) is 16. The van der Waals surface area contributed by atoms with Gasteiger partial charge in [-0.3, -0.25) is 4.99 Å². The average molecular weight is 557 g/mol. The summed E-state index contributed by atoms with van der Waals surface area (Å²) < 4.78 is 0. The fourth-order valence-electron chi connectivity index (χ4n) is 3.86. The predicted molar refractivity (Wildman–Crippen MR) is 153 cm³/mol. The maximum Gasteiger partial charge on any atom is 0.252 e. The molecule has 4 aromatic heterocycles. The van der Waals surface area contributed by atoms with E-state index in [4.69, 9.17) is 0 Å². The molecule has 4 aromatic rings. The van der Waals surface area contributed by atoms with Crippen LogP contribution in [0, 0.1) is 55.4 Å². The van der Waals surface area contributed by atoms with E-state index >= 15 is 0 Å². The van der Waals surface area contributed by atoms with Crippen molar-refractivity contribution in [2.45, 2.75) is 55.4 Å². The van der Waals surface area contributed by atoms with E-state index in [9.17, 15) is 0 Å². The summed E-state index contributed by atoms with van der Waals surface area (Å²) in [6.07, 6.45) is 3.30. The van der Waals surface area contributed by atoms with Gasteiger partial charge in [0.25, 0.3) is 5.95 Å². The van der Waals surface area contributed by atoms with Gasteiger partial charge in [0.05, 0.1) is 19.4 Å². The summed E-state index contributed by atoms with van der Waals surface area (Å²) in [5.41, 5.74) is 0. The Kier molecular flexibility index (Phi) is 9.11. The van der Waals surface area contributed by atoms with Crippen molar-refractivity contribution < 1.29 is 0 Å². The molecular formula is C25H32N16. The average Bonchev–Trinajstić information content (AvgIpc) is 2.85. The SMILES string of the molecule is Cc1nc(C)nc(C=NCN(CN(CC=Nc2nc(C)nc(C)n2)c2nc(C)nc(C)n2)c2nc(C)nc(C)n2)n1. The van der Waals surface area contributed by atoms with E-state index in [-0.39, 0.29) is 13.3 Å². The molecule has 0 saturated carbocycles. The Labute approximate surface area is 237 Å². The molecule has 0 aliphatic heterocycles. The summed E-state index contributed by atoms with van der Waals surface area (Å²) in [6, 6.07) is 0. The first-order valence-electron chi connectivity index (χ1n) is 12.8. The van der Waals surface area contributed by atoms with Crippen molar-refractivity contribution in [2.75, 3.05) is 29.7 Å². The predicted octanol–water partition coefficient (Wildman–Crippen LogP) is 1.64. The van der Waals surface area contributed by atoms with Crippen LogP contribution in [0.1, 0.15) is 52.4 Å². The van der Waals surface area contributed by atoms with Gasteiger partial charge in [-0.15, -0.1) is 0 Å². The molecule has 0 spiro atoms. The van der Waals surface area contributed by atoms with Crippen molar-refractivity contribution >= 4 is 30.3 Å². The van der Waals surface area contributed by atoms with E-state index in [1.807, 2.05) is 51.3 Å². The van der Waals surface area contributed by atoms with Gasteiger partial charge >= 0.3 is 0 Å². The van der Waals surface area contributed by atoms with Crippen molar-refractivity contribution in [1.82, 2.24) is 59.8 Å². The summed E-state index contributed by atoms with van der Waals surface area (Å²) in [5, 5.41) is 0. The normalized spacial score (nSPS) is 11.5. The summed E-state index contributed by atoms with van der Waals surface area (Å²) >= 11 is 0. The molecule has 0 radical (unpaired) electrons. The fourth-order valence-corrected chi connectivity index (χ4v) is 3.86. The highest BCUT2D eigenvalue weighted by Crippen LogP contribution is 2.14. The largest absolute Gasteiger partial charge is 0.318 e. The minimum Gasteiger partial charge on any atom is -0.318 e. The molecule has 4 heterocycles. The standard InChI is InChI=1S/C25H32N16/c1-14-28-15(2)33-22(32-14)11-26-12-41(25-38-20(7)31-21(8)39-25)13-40(24-36-18(5)30-19(6)37-24)10-9-27-23-34-16(3)29-17(4)35-23/h9,11H,10,12-13H2,1-8H3. The van der Waals surface area contributed by atoms with E-state index in [0.717, 1.165) is 0 Å². The topological polar surface area (TPSA) is 186 Å². The first kappa shape index (κ1) is 29.0. The summed E-state index contributed by atoms with van der Waals surface area (Å²) in [7, 11) is 0. The molecule has 0 aliphatic carbocycles. The van der Waals surface area contributed by atoms with Crippen LogP contribution in [0.25, 0.3) is 0 Å². The maximum atomic E-state index is 4.60. The zero-order valence-electron chi connectivity index (χ0n) is 24.4. The highest BCUT2D eigenvalue weighted by Gasteiger charge is 2.18. The van der Waals surface area contributed by atoms with E-state index in [1.165, 1.54) is 0 Å². The van der Waals surface area contributed by atoms with Crippen molar-refractivity contribution in [3.63, 3.8) is 0 Å². The molecule has 0 bridgehead atoms. The zero-order chi connectivity index (χ0) is 29.5. The highest BCUT2D eigenvalue weighted by molar-refractivity contribution is 5.74. The van der Waals surface area contributed by atoms with Crippen molar-refractivity contribution in [3.05, 3.63) is 52.4 Å². The number of aromatic nitrogens is 12. The van der Waals surface area contributed by atoms with Crippen LogP contribution in [-0.2, 0) is 0 Å². The van der Waals surface area contributed by atoms with Crippen molar-refractivity contribution in [1.29, 1.82) is 0 Å². The zero-order valence-corrected chi connectivity index (χ0v) is 24.4. The summed E-state index contributed by atoms with van der Waals surface area (Å²) in [6.45, 7) is 15.3. The first-order chi connectivity index (χ1) is 19.5. The van der Waals surface area contributed by atoms with Gasteiger partial charge in [0, 0.05) is 6.21 Å². The lowest BCUT2D eigenvalue weighted by molar-refractivity contribution is 0.709. The molecular weight excluding hydrogens is 524 g/mol. The van der Waals surface area contributed by atoms with Crippen LogP contribution in [0.5, 0.6) is 0 Å². The monoisotopic (exact) mass is 556 g/mol. The Morgan fingerprint density at radius 3 is 1.41 bits per heavy atom. The van der Waals surface area contributed by atoms with E-state index in [0.29, 0.717) is 76.8 Å². The highest BCUT2D eigenvalue weighted by atomic mass is 15.4. The molecule has 0 aliphatic rings. The second-order valence-corrected chi connectivity index (χ2v) is 9.15. The van der Waals surface area contributed by atoms with Crippen molar-refractivity contribution in [3.8, 4) is 0 Å². The Hall–Kier alpha value is -5.02. The third-order valence-electron chi connectivity index (χ3n) is 5.29.